The van der Waals surface area contributed by atoms with Gasteiger partial charge in [0.25, 0.3) is 5.69 Å². The molecule has 0 atom stereocenters. The fraction of sp³-hybridized carbons (Fsp3) is 0.500. The normalized spacial score (nSPS) is 18.6. The summed E-state index contributed by atoms with van der Waals surface area (Å²) in [5.41, 5.74) is 1.84. The van der Waals surface area contributed by atoms with Gasteiger partial charge in [-0.2, -0.15) is 0 Å². The van der Waals surface area contributed by atoms with Crippen LogP contribution in [0.5, 0.6) is 0 Å². The zero-order valence-electron chi connectivity index (χ0n) is 9.65. The van der Waals surface area contributed by atoms with Crippen LogP contribution in [0.1, 0.15) is 5.56 Å². The topological polar surface area (TPSA) is 37.5 Å². The van der Waals surface area contributed by atoms with E-state index in [0.29, 0.717) is 5.69 Å². The van der Waals surface area contributed by atoms with Crippen LogP contribution in [0.4, 0.5) is 5.69 Å². The third-order valence-electron chi connectivity index (χ3n) is 3.05. The molecule has 1 N–H and O–H groups in total. The van der Waals surface area contributed by atoms with Crippen LogP contribution in [0.2, 0.25) is 0 Å². The van der Waals surface area contributed by atoms with E-state index < -0.39 is 0 Å². The van der Waals surface area contributed by atoms with Gasteiger partial charge in [0, 0.05) is 54.9 Å². The molecule has 16 heavy (non-hydrogen) atoms. The smallest absolute Gasteiger partial charge is 0.253 e. The standard InChI is InChI=1S/C12H17N3O/c1-14-5-7-15(8-6-14)10-11-3-2-4-12(9-11)13-16/h2-4,9H,5-8,10H2,1H3/p+1. The van der Waals surface area contributed by atoms with Crippen molar-refractivity contribution in [2.75, 3.05) is 33.2 Å². The van der Waals surface area contributed by atoms with Crippen LogP contribution >= 0.6 is 0 Å². The highest BCUT2D eigenvalue weighted by atomic mass is 16.3. The summed E-state index contributed by atoms with van der Waals surface area (Å²) < 4.78 is 0. The minimum atomic E-state index is 0.645. The van der Waals surface area contributed by atoms with Crippen molar-refractivity contribution in [3.63, 3.8) is 0 Å². The lowest BCUT2D eigenvalue weighted by molar-refractivity contribution is -0.379. The highest BCUT2D eigenvalue weighted by Crippen LogP contribution is 2.10. The van der Waals surface area contributed by atoms with Crippen LogP contribution in [0.25, 0.3) is 0 Å². The minimum absolute atomic E-state index is 0.645. The van der Waals surface area contributed by atoms with Crippen molar-refractivity contribution in [2.24, 2.45) is 0 Å². The first kappa shape index (κ1) is 11.2. The molecule has 2 rings (SSSR count). The van der Waals surface area contributed by atoms with Crippen LogP contribution in [0.15, 0.2) is 24.3 Å². The Hall–Kier alpha value is -1.26. The Labute approximate surface area is 95.8 Å². The summed E-state index contributed by atoms with van der Waals surface area (Å²) in [6.07, 6.45) is 0. The molecular weight excluding hydrogens is 202 g/mol. The Kier molecular flexibility index (Phi) is 3.64. The number of benzene rings is 1. The van der Waals surface area contributed by atoms with Gasteiger partial charge in [0.2, 0.25) is 0 Å². The van der Waals surface area contributed by atoms with Gasteiger partial charge >= 0.3 is 0 Å². The van der Waals surface area contributed by atoms with E-state index in [1.807, 2.05) is 17.3 Å². The van der Waals surface area contributed by atoms with E-state index >= 15 is 0 Å². The summed E-state index contributed by atoms with van der Waals surface area (Å²) in [5, 5.41) is 1.93. The van der Waals surface area contributed by atoms with E-state index in [4.69, 9.17) is 0 Å². The van der Waals surface area contributed by atoms with Crippen molar-refractivity contribution in [1.29, 1.82) is 0 Å². The molecule has 0 bridgehead atoms. The lowest BCUT2D eigenvalue weighted by Crippen LogP contribution is -2.55. The molecule has 1 heterocycles. The van der Waals surface area contributed by atoms with Crippen molar-refractivity contribution in [3.05, 3.63) is 34.7 Å². The number of hydrogen-bond acceptors (Lipinski definition) is 3. The number of nitrogens with one attached hydrogen (secondary N) is 1. The molecule has 0 radical (unpaired) electrons. The molecule has 1 aromatic rings. The van der Waals surface area contributed by atoms with Crippen molar-refractivity contribution in [2.45, 2.75) is 6.54 Å². The van der Waals surface area contributed by atoms with Gasteiger partial charge in [0.05, 0.1) is 0 Å². The summed E-state index contributed by atoms with van der Waals surface area (Å²) in [6, 6.07) is 7.70. The van der Waals surface area contributed by atoms with Crippen molar-refractivity contribution in [3.8, 4) is 0 Å². The molecule has 0 aliphatic carbocycles. The zero-order chi connectivity index (χ0) is 11.4. The van der Waals surface area contributed by atoms with E-state index in [9.17, 15) is 4.91 Å². The summed E-state index contributed by atoms with van der Waals surface area (Å²) in [5.74, 6) is 0. The summed E-state index contributed by atoms with van der Waals surface area (Å²) >= 11 is 0. The number of nitrogens with zero attached hydrogens (tertiary/aromatic N) is 2. The maximum atomic E-state index is 10.5. The lowest BCUT2D eigenvalue weighted by atomic mass is 10.2. The van der Waals surface area contributed by atoms with Gasteiger partial charge in [0.15, 0.2) is 0 Å². The number of hydrogen-bond donors (Lipinski definition) is 1. The molecule has 0 amide bonds. The van der Waals surface area contributed by atoms with Gasteiger partial charge in [-0.3, -0.25) is 4.90 Å². The fourth-order valence-corrected chi connectivity index (χ4v) is 2.00. The van der Waals surface area contributed by atoms with Crippen LogP contribution in [0, 0.1) is 4.91 Å². The lowest BCUT2D eigenvalue weighted by Gasteiger charge is -2.32. The number of piperazine rings is 1. The molecule has 1 aromatic carbocycles. The molecule has 0 saturated carbocycles. The number of rotatable bonds is 3. The second-order valence-corrected chi connectivity index (χ2v) is 4.38. The first-order chi connectivity index (χ1) is 7.78. The first-order valence-electron chi connectivity index (χ1n) is 5.66. The Morgan fingerprint density at radius 3 is 2.69 bits per heavy atom. The Bertz CT molecular complexity index is 359. The third-order valence-corrected chi connectivity index (χ3v) is 3.05. The molecule has 4 nitrogen and oxygen atoms in total. The average Bonchev–Trinajstić information content (AvgIpc) is 2.32. The first-order valence-corrected chi connectivity index (χ1v) is 5.66. The number of likely N-dealkylation sites (N-methyl/N-ethyl adjacent to an activating group) is 1. The molecule has 4 heteroatoms. The predicted molar refractivity (Wildman–Crippen MR) is 63.2 cm³/mol. The van der Waals surface area contributed by atoms with E-state index in [1.54, 1.807) is 6.07 Å². The van der Waals surface area contributed by atoms with E-state index in [-0.39, 0.29) is 0 Å². The van der Waals surface area contributed by atoms with Crippen LogP contribution in [0.3, 0.4) is 0 Å². The van der Waals surface area contributed by atoms with Crippen LogP contribution in [-0.4, -0.2) is 43.0 Å². The van der Waals surface area contributed by atoms with E-state index in [1.165, 1.54) is 5.56 Å². The zero-order valence-corrected chi connectivity index (χ0v) is 9.65. The molecule has 1 aliphatic heterocycles. The molecular formula is C12H18N3O+. The summed E-state index contributed by atoms with van der Waals surface area (Å²) in [4.78, 5) is 15.3. The highest BCUT2D eigenvalue weighted by molar-refractivity contribution is 5.32. The van der Waals surface area contributed by atoms with Gasteiger partial charge in [0.1, 0.15) is 0 Å². The Morgan fingerprint density at radius 2 is 2.00 bits per heavy atom. The fourth-order valence-electron chi connectivity index (χ4n) is 2.00. The van der Waals surface area contributed by atoms with E-state index in [2.05, 4.69) is 22.9 Å². The molecule has 86 valence electrons. The summed E-state index contributed by atoms with van der Waals surface area (Å²) in [6.45, 7) is 5.39. The molecule has 1 fully saturated rings. The van der Waals surface area contributed by atoms with Gasteiger partial charge in [-0.15, -0.1) is 0 Å². The quantitative estimate of drug-likeness (QED) is 0.774. The Balaban J connectivity index is 1.95. The molecule has 0 spiro atoms. The maximum absolute atomic E-state index is 10.5. The van der Waals surface area contributed by atoms with Crippen LogP contribution < -0.4 is 5.18 Å². The monoisotopic (exact) mass is 220 g/mol. The molecule has 0 unspecified atom stereocenters. The molecule has 0 aromatic heterocycles. The molecule has 1 saturated heterocycles. The second kappa shape index (κ2) is 5.18. The van der Waals surface area contributed by atoms with Gasteiger partial charge in [-0.05, 0) is 12.6 Å². The van der Waals surface area contributed by atoms with Gasteiger partial charge < -0.3 is 4.90 Å². The highest BCUT2D eigenvalue weighted by Gasteiger charge is 2.14. The number of nitroso groups, excluding NO2 is 1. The van der Waals surface area contributed by atoms with Crippen LogP contribution in [-0.2, 0) is 6.54 Å². The van der Waals surface area contributed by atoms with Crippen molar-refractivity contribution in [1.82, 2.24) is 9.80 Å². The second-order valence-electron chi connectivity index (χ2n) is 4.38. The molecule has 1 aliphatic rings. The third kappa shape index (κ3) is 2.87. The van der Waals surface area contributed by atoms with Gasteiger partial charge in [-0.25, -0.2) is 0 Å². The minimum Gasteiger partial charge on any atom is -0.304 e. The largest absolute Gasteiger partial charge is 0.304 e. The Morgan fingerprint density at radius 1 is 1.25 bits per heavy atom. The van der Waals surface area contributed by atoms with E-state index in [0.717, 1.165) is 32.7 Å². The van der Waals surface area contributed by atoms with Gasteiger partial charge in [-0.1, -0.05) is 12.1 Å². The van der Waals surface area contributed by atoms with Crippen molar-refractivity contribution >= 4 is 5.69 Å². The SMILES string of the molecule is CN1CCN(Cc2cccc([NH+]=O)c2)CC1. The summed E-state index contributed by atoms with van der Waals surface area (Å²) in [7, 11) is 2.15. The average molecular weight is 220 g/mol. The predicted octanol–water partition coefficient (Wildman–Crippen LogP) is -0.0875. The van der Waals surface area contributed by atoms with Crippen molar-refractivity contribution < 1.29 is 5.18 Å². The maximum Gasteiger partial charge on any atom is 0.253 e.